The zero-order valence-electron chi connectivity index (χ0n) is 3.36. The van der Waals surface area contributed by atoms with Crippen molar-refractivity contribution in [2.75, 3.05) is 0 Å². The van der Waals surface area contributed by atoms with Gasteiger partial charge in [0.05, 0.1) is 0 Å². The van der Waals surface area contributed by atoms with E-state index >= 15 is 0 Å². The summed E-state index contributed by atoms with van der Waals surface area (Å²) in [6, 6.07) is 0. The molecule has 0 aromatic carbocycles. The van der Waals surface area contributed by atoms with Gasteiger partial charge in [0.1, 0.15) is 0 Å². The van der Waals surface area contributed by atoms with Gasteiger partial charge < -0.3 is 6.15 Å². The van der Waals surface area contributed by atoms with Crippen molar-refractivity contribution in [2.45, 2.75) is 0 Å². The molecule has 0 radical (unpaired) electrons. The third-order valence-corrected chi connectivity index (χ3v) is 0.387. The van der Waals surface area contributed by atoms with Gasteiger partial charge in [0, 0.05) is 0 Å². The lowest BCUT2D eigenvalue weighted by Crippen LogP contribution is -1.56. The molecule has 0 aliphatic rings. The number of hydrogen-bond donors (Lipinski definition) is 1. The zero-order chi connectivity index (χ0) is 4.99. The van der Waals surface area contributed by atoms with Crippen LogP contribution in [-0.4, -0.2) is 14.8 Å². The molecule has 1 amide bonds. The van der Waals surface area contributed by atoms with E-state index in [1.54, 1.807) is 0 Å². The van der Waals surface area contributed by atoms with Crippen molar-refractivity contribution < 1.29 is 13.2 Å². The van der Waals surface area contributed by atoms with Crippen LogP contribution in [0.25, 0.3) is 0 Å². The second kappa shape index (κ2) is 5.25. The van der Waals surface area contributed by atoms with Crippen molar-refractivity contribution in [3.63, 3.8) is 0 Å². The molecule has 0 heterocycles. The largest absolute Gasteiger partial charge is 0.344 e. The Labute approximate surface area is 41.6 Å². The standard InChI is InChI=1S/CHNO3S.H3N/c3-1-2-6(4)5;/h1H;1H3. The molecule has 0 aliphatic carbocycles. The summed E-state index contributed by atoms with van der Waals surface area (Å²) in [5.74, 6) is 0. The van der Waals surface area contributed by atoms with E-state index in [1.165, 1.54) is 0 Å². The number of nitrogens with zero attached hydrogens (tertiary/aromatic N) is 1. The molecular weight excluding hydrogens is 120 g/mol. The fourth-order valence-corrected chi connectivity index (χ4v) is 0.105. The summed E-state index contributed by atoms with van der Waals surface area (Å²) < 4.78 is 20.8. The Hall–Kier alpha value is -0.750. The minimum atomic E-state index is -2.56. The van der Waals surface area contributed by atoms with Gasteiger partial charge in [-0.05, 0) is 0 Å². The molecule has 6 heteroatoms. The van der Waals surface area contributed by atoms with Crippen molar-refractivity contribution >= 4 is 16.9 Å². The quantitative estimate of drug-likeness (QED) is 0.470. The topological polar surface area (TPSA) is 98.6 Å². The lowest BCUT2D eigenvalue weighted by Gasteiger charge is -1.43. The van der Waals surface area contributed by atoms with Gasteiger partial charge in [-0.2, -0.15) is 8.42 Å². The molecule has 0 fully saturated rings. The Kier molecular flexibility index (Phi) is 7.15. The fourth-order valence-electron chi connectivity index (χ4n) is 0.0351. The first-order chi connectivity index (χ1) is 2.77. The molecular formula is CH4N2O3S. The highest BCUT2D eigenvalue weighted by atomic mass is 32.2. The van der Waals surface area contributed by atoms with Crippen LogP contribution in [0.1, 0.15) is 0 Å². The van der Waals surface area contributed by atoms with E-state index in [0.717, 1.165) is 0 Å². The summed E-state index contributed by atoms with van der Waals surface area (Å²) in [6.45, 7) is 0. The molecule has 0 spiro atoms. The molecule has 3 N–H and O–H groups in total. The third kappa shape index (κ3) is 11.0. The van der Waals surface area contributed by atoms with Gasteiger partial charge >= 0.3 is 10.5 Å². The van der Waals surface area contributed by atoms with Crippen LogP contribution in [-0.2, 0) is 15.3 Å². The van der Waals surface area contributed by atoms with Crippen LogP contribution in [0.4, 0.5) is 0 Å². The van der Waals surface area contributed by atoms with Crippen molar-refractivity contribution in [1.82, 2.24) is 6.15 Å². The van der Waals surface area contributed by atoms with Crippen molar-refractivity contribution in [3.8, 4) is 0 Å². The molecule has 0 unspecified atom stereocenters. The average molecular weight is 124 g/mol. The Morgan fingerprint density at radius 1 is 1.43 bits per heavy atom. The van der Waals surface area contributed by atoms with E-state index < -0.39 is 10.5 Å². The molecule has 42 valence electrons. The van der Waals surface area contributed by atoms with Gasteiger partial charge in [-0.3, -0.25) is 4.79 Å². The predicted octanol–water partition coefficient (Wildman–Crippen LogP) is -0.633. The Balaban J connectivity index is 0. The van der Waals surface area contributed by atoms with E-state index in [1.807, 2.05) is 0 Å². The number of hydrogen-bond acceptors (Lipinski definition) is 4. The highest BCUT2D eigenvalue weighted by Crippen LogP contribution is 1.45. The molecule has 0 aromatic heterocycles. The lowest BCUT2D eigenvalue weighted by atomic mass is 11.5. The SMILES string of the molecule is N.O=CN=S(=O)=O. The third-order valence-electron chi connectivity index (χ3n) is 0.129. The smallest absolute Gasteiger partial charge is 0.318 e. The Bertz CT molecular complexity index is 148. The van der Waals surface area contributed by atoms with Crippen LogP contribution >= 0.6 is 0 Å². The van der Waals surface area contributed by atoms with Crippen LogP contribution < -0.4 is 6.15 Å². The molecule has 0 saturated carbocycles. The number of rotatable bonds is 1. The summed E-state index contributed by atoms with van der Waals surface area (Å²) in [6.07, 6.45) is -0.0386. The van der Waals surface area contributed by atoms with Crippen LogP contribution in [0.2, 0.25) is 0 Å². The van der Waals surface area contributed by atoms with Gasteiger partial charge in [-0.25, -0.2) is 0 Å². The number of carbonyl (C=O) groups excluding carboxylic acids is 1. The molecule has 0 aromatic rings. The maximum absolute atomic E-state index is 9.20. The molecule has 5 nitrogen and oxygen atoms in total. The summed E-state index contributed by atoms with van der Waals surface area (Å²) in [5, 5.41) is 0. The first-order valence-corrected chi connectivity index (χ1v) is 2.04. The minimum absolute atomic E-state index is 0. The van der Waals surface area contributed by atoms with Crippen LogP contribution in [0.5, 0.6) is 0 Å². The van der Waals surface area contributed by atoms with Crippen molar-refractivity contribution in [3.05, 3.63) is 0 Å². The monoisotopic (exact) mass is 124 g/mol. The summed E-state index contributed by atoms with van der Waals surface area (Å²) in [4.78, 5) is 9.06. The predicted molar refractivity (Wildman–Crippen MR) is 22.4 cm³/mol. The van der Waals surface area contributed by atoms with Gasteiger partial charge in [0.25, 0.3) is 0 Å². The van der Waals surface area contributed by atoms with Gasteiger partial charge in [0.15, 0.2) is 0 Å². The van der Waals surface area contributed by atoms with E-state index in [9.17, 15) is 8.42 Å². The lowest BCUT2D eigenvalue weighted by molar-refractivity contribution is -0.106. The summed E-state index contributed by atoms with van der Waals surface area (Å²) in [7, 11) is -2.56. The Morgan fingerprint density at radius 3 is 1.86 bits per heavy atom. The van der Waals surface area contributed by atoms with Crippen LogP contribution in [0.15, 0.2) is 4.36 Å². The van der Waals surface area contributed by atoms with Gasteiger partial charge in [-0.1, -0.05) is 4.36 Å². The maximum atomic E-state index is 9.20. The first-order valence-electron chi connectivity index (χ1n) is 1.01. The number of amides is 1. The zero-order valence-corrected chi connectivity index (χ0v) is 4.18. The second-order valence-electron chi connectivity index (χ2n) is 0.428. The fraction of sp³-hybridized carbons (Fsp3) is 0. The average Bonchev–Trinajstić information content (AvgIpc) is 1.35. The maximum Gasteiger partial charge on any atom is 0.318 e. The first kappa shape index (κ1) is 9.54. The molecule has 0 saturated heterocycles. The minimum Gasteiger partial charge on any atom is -0.344 e. The number of carbonyl (C=O) groups is 1. The normalized spacial score (nSPS) is 5.71. The van der Waals surface area contributed by atoms with Crippen LogP contribution in [0.3, 0.4) is 0 Å². The highest BCUT2D eigenvalue weighted by molar-refractivity contribution is 7.62. The van der Waals surface area contributed by atoms with Gasteiger partial charge in [0.2, 0.25) is 6.41 Å². The molecule has 7 heavy (non-hydrogen) atoms. The van der Waals surface area contributed by atoms with Crippen molar-refractivity contribution in [2.24, 2.45) is 4.36 Å². The van der Waals surface area contributed by atoms with E-state index in [4.69, 9.17) is 4.79 Å². The second-order valence-corrected chi connectivity index (χ2v) is 1.07. The molecule has 0 atom stereocenters. The van der Waals surface area contributed by atoms with Gasteiger partial charge in [-0.15, -0.1) is 0 Å². The highest BCUT2D eigenvalue weighted by Gasteiger charge is 1.58. The van der Waals surface area contributed by atoms with Crippen molar-refractivity contribution in [1.29, 1.82) is 0 Å². The van der Waals surface area contributed by atoms with Crippen LogP contribution in [0, 0.1) is 0 Å². The summed E-state index contributed by atoms with van der Waals surface area (Å²) >= 11 is 0. The summed E-state index contributed by atoms with van der Waals surface area (Å²) in [5.41, 5.74) is 0. The Morgan fingerprint density at radius 2 is 1.86 bits per heavy atom. The molecule has 0 bridgehead atoms. The molecule has 0 rings (SSSR count). The molecule has 0 aliphatic heterocycles. The van der Waals surface area contributed by atoms with E-state index in [-0.39, 0.29) is 12.6 Å². The van der Waals surface area contributed by atoms with E-state index in [2.05, 4.69) is 4.36 Å². The van der Waals surface area contributed by atoms with E-state index in [0.29, 0.717) is 0 Å².